The third kappa shape index (κ3) is 4.51. The average Bonchev–Trinajstić information content (AvgIpc) is 3.24. The molecule has 3 aromatic rings. The Kier molecular flexibility index (Phi) is 6.33. The molecule has 1 saturated heterocycles. The predicted molar refractivity (Wildman–Crippen MR) is 131 cm³/mol. The molecule has 37 heavy (non-hydrogen) atoms. The van der Waals surface area contributed by atoms with Crippen LogP contribution in [0.2, 0.25) is 0 Å². The van der Waals surface area contributed by atoms with E-state index in [9.17, 15) is 22.4 Å². The van der Waals surface area contributed by atoms with Crippen molar-refractivity contribution in [3.8, 4) is 0 Å². The first-order chi connectivity index (χ1) is 17.6. The van der Waals surface area contributed by atoms with Gasteiger partial charge in [0.2, 0.25) is 0 Å². The van der Waals surface area contributed by atoms with Gasteiger partial charge in [0.1, 0.15) is 5.82 Å². The lowest BCUT2D eigenvalue weighted by Gasteiger charge is -2.46. The first kappa shape index (κ1) is 25.0. The number of nitrogens with zero attached hydrogens (tertiary/aromatic N) is 6. The van der Waals surface area contributed by atoms with Crippen LogP contribution in [0.3, 0.4) is 0 Å². The number of amides is 2. The minimum Gasteiger partial charge on any atom is -0.369 e. The molecule has 7 nitrogen and oxygen atoms in total. The quantitative estimate of drug-likeness (QED) is 0.433. The zero-order valence-electron chi connectivity index (χ0n) is 20.8. The number of anilines is 2. The van der Waals surface area contributed by atoms with Crippen LogP contribution < -0.4 is 9.80 Å². The van der Waals surface area contributed by atoms with Gasteiger partial charge in [0.15, 0.2) is 5.82 Å². The van der Waals surface area contributed by atoms with Gasteiger partial charge in [0, 0.05) is 44.1 Å². The number of benzene rings is 1. The van der Waals surface area contributed by atoms with Gasteiger partial charge in [0.05, 0.1) is 29.5 Å². The first-order valence-electron chi connectivity index (χ1n) is 12.2. The third-order valence-electron chi connectivity index (χ3n) is 7.28. The summed E-state index contributed by atoms with van der Waals surface area (Å²) in [5.74, 6) is 0.0670. The molecule has 2 aromatic heterocycles. The van der Waals surface area contributed by atoms with E-state index < -0.39 is 17.8 Å². The van der Waals surface area contributed by atoms with Gasteiger partial charge in [-0.05, 0) is 50.5 Å². The maximum absolute atomic E-state index is 14.5. The van der Waals surface area contributed by atoms with Crippen molar-refractivity contribution >= 4 is 17.5 Å². The zero-order chi connectivity index (χ0) is 26.5. The van der Waals surface area contributed by atoms with Crippen molar-refractivity contribution in [2.24, 2.45) is 7.05 Å². The Morgan fingerprint density at radius 1 is 1.11 bits per heavy atom. The van der Waals surface area contributed by atoms with Gasteiger partial charge < -0.3 is 9.80 Å². The Bertz CT molecular complexity index is 1290. The second-order valence-corrected chi connectivity index (χ2v) is 9.65. The number of carbonyl (C=O) groups excluding carboxylic acids is 1. The summed E-state index contributed by atoms with van der Waals surface area (Å²) in [7, 11) is 1.72. The zero-order valence-corrected chi connectivity index (χ0v) is 20.8. The minimum absolute atomic E-state index is 0.160. The molecule has 5 rings (SSSR count). The van der Waals surface area contributed by atoms with Crippen molar-refractivity contribution in [3.05, 3.63) is 70.9 Å². The molecule has 2 amide bonds. The van der Waals surface area contributed by atoms with Crippen LogP contribution in [0.4, 0.5) is 33.9 Å². The molecular formula is C26H28F4N6O. The Hall–Kier alpha value is -3.63. The summed E-state index contributed by atoms with van der Waals surface area (Å²) < 4.78 is 57.1. The van der Waals surface area contributed by atoms with E-state index >= 15 is 0 Å². The minimum atomic E-state index is -4.60. The molecule has 0 N–H and O–H groups in total. The fraction of sp³-hybridized carbons (Fsp3) is 0.423. The van der Waals surface area contributed by atoms with E-state index in [1.807, 2.05) is 24.8 Å². The van der Waals surface area contributed by atoms with Crippen molar-refractivity contribution < 1.29 is 22.4 Å². The molecule has 0 radical (unpaired) electrons. The number of rotatable bonds is 4. The number of piperidine rings is 1. The van der Waals surface area contributed by atoms with E-state index in [1.165, 1.54) is 23.2 Å². The summed E-state index contributed by atoms with van der Waals surface area (Å²) in [6, 6.07) is 6.32. The molecule has 4 heterocycles. The van der Waals surface area contributed by atoms with E-state index in [-0.39, 0.29) is 30.1 Å². The molecule has 0 aliphatic carbocycles. The Morgan fingerprint density at radius 3 is 2.51 bits per heavy atom. The highest BCUT2D eigenvalue weighted by Crippen LogP contribution is 2.41. The van der Waals surface area contributed by atoms with Gasteiger partial charge in [-0.2, -0.15) is 18.3 Å². The van der Waals surface area contributed by atoms with Gasteiger partial charge in [0.25, 0.3) is 0 Å². The fourth-order valence-corrected chi connectivity index (χ4v) is 5.52. The van der Waals surface area contributed by atoms with Crippen LogP contribution in [0, 0.1) is 12.7 Å². The molecule has 0 spiro atoms. The van der Waals surface area contributed by atoms with Crippen molar-refractivity contribution in [1.82, 2.24) is 19.7 Å². The number of para-hydroxylation sites is 1. The summed E-state index contributed by atoms with van der Waals surface area (Å²) >= 11 is 0. The maximum Gasteiger partial charge on any atom is 0.418 e. The molecule has 1 fully saturated rings. The number of aryl methyl sites for hydroxylation is 2. The van der Waals surface area contributed by atoms with Crippen LogP contribution in [0.15, 0.2) is 42.7 Å². The Labute approximate surface area is 212 Å². The Morgan fingerprint density at radius 2 is 1.84 bits per heavy atom. The van der Waals surface area contributed by atoms with Crippen LogP contribution in [-0.2, 0) is 19.8 Å². The average molecular weight is 517 g/mol. The second kappa shape index (κ2) is 9.35. The van der Waals surface area contributed by atoms with Crippen molar-refractivity contribution in [3.63, 3.8) is 0 Å². The predicted octanol–water partition coefficient (Wildman–Crippen LogP) is 5.45. The molecule has 1 atom stereocenters. The van der Waals surface area contributed by atoms with Crippen molar-refractivity contribution in [2.45, 2.75) is 51.5 Å². The molecule has 11 heteroatoms. The van der Waals surface area contributed by atoms with E-state index in [0.29, 0.717) is 37.4 Å². The number of urea groups is 1. The lowest BCUT2D eigenvalue weighted by atomic mass is 9.97. The maximum atomic E-state index is 14.5. The molecule has 196 valence electrons. The van der Waals surface area contributed by atoms with E-state index in [1.54, 1.807) is 28.9 Å². The molecule has 0 saturated carbocycles. The van der Waals surface area contributed by atoms with Crippen LogP contribution in [-0.4, -0.2) is 44.8 Å². The summed E-state index contributed by atoms with van der Waals surface area (Å²) in [4.78, 5) is 22.8. The molecule has 1 unspecified atom stereocenters. The number of halogens is 4. The largest absolute Gasteiger partial charge is 0.418 e. The van der Waals surface area contributed by atoms with Gasteiger partial charge in [-0.25, -0.2) is 9.18 Å². The van der Waals surface area contributed by atoms with Crippen LogP contribution in [0.5, 0.6) is 0 Å². The number of carbonyl (C=O) groups is 1. The van der Waals surface area contributed by atoms with Gasteiger partial charge in [-0.15, -0.1) is 0 Å². The molecular weight excluding hydrogens is 488 g/mol. The van der Waals surface area contributed by atoms with Crippen molar-refractivity contribution in [1.29, 1.82) is 0 Å². The van der Waals surface area contributed by atoms with Crippen LogP contribution >= 0.6 is 0 Å². The normalized spacial score (nSPS) is 18.9. The van der Waals surface area contributed by atoms with Gasteiger partial charge >= 0.3 is 12.2 Å². The number of hydrogen-bond acceptors (Lipinski definition) is 4. The summed E-state index contributed by atoms with van der Waals surface area (Å²) in [5, 5.41) is 4.41. The highest BCUT2D eigenvalue weighted by molar-refractivity contribution is 5.94. The monoisotopic (exact) mass is 516 g/mol. The molecule has 2 aliphatic rings. The van der Waals surface area contributed by atoms with Crippen LogP contribution in [0.25, 0.3) is 0 Å². The van der Waals surface area contributed by atoms with E-state index in [2.05, 4.69) is 10.1 Å². The third-order valence-corrected chi connectivity index (χ3v) is 7.28. The molecule has 0 bridgehead atoms. The number of hydrogen-bond donors (Lipinski definition) is 0. The van der Waals surface area contributed by atoms with Gasteiger partial charge in [-0.3, -0.25) is 14.6 Å². The van der Waals surface area contributed by atoms with Gasteiger partial charge in [-0.1, -0.05) is 12.1 Å². The lowest BCUT2D eigenvalue weighted by molar-refractivity contribution is -0.138. The number of pyridine rings is 1. The first-order valence-corrected chi connectivity index (χ1v) is 12.2. The second-order valence-electron chi connectivity index (χ2n) is 9.65. The topological polar surface area (TPSA) is 57.5 Å². The standard InChI is InChI=1S/C26H28F4N6O/c1-16-6-4-8-21(27)23(16)34-12-9-18(10-13-34)36-17(2)19-14-33(3)32-24(19)35(25(36)37)15-22-20(26(28,29)30)7-5-11-31-22/h4-8,11,14,17-18H,9-10,12-13,15H2,1-3H3. The summed E-state index contributed by atoms with van der Waals surface area (Å²) in [6.07, 6.45) is -0.304. The Balaban J connectivity index is 1.43. The van der Waals surface area contributed by atoms with Crippen LogP contribution in [0.1, 0.15) is 48.2 Å². The molecule has 2 aliphatic heterocycles. The van der Waals surface area contributed by atoms with E-state index in [4.69, 9.17) is 0 Å². The SMILES string of the molecule is Cc1cccc(F)c1N1CCC(N2C(=O)N(Cc3ncccc3C(F)(F)F)c3nn(C)cc3C2C)CC1. The fourth-order valence-electron chi connectivity index (χ4n) is 5.52. The molecule has 1 aromatic carbocycles. The lowest BCUT2D eigenvalue weighted by Crippen LogP contribution is -2.55. The van der Waals surface area contributed by atoms with Crippen molar-refractivity contribution in [2.75, 3.05) is 22.9 Å². The van der Waals surface area contributed by atoms with E-state index in [0.717, 1.165) is 17.2 Å². The number of alkyl halides is 3. The summed E-state index contributed by atoms with van der Waals surface area (Å²) in [6.45, 7) is 4.54. The number of aromatic nitrogens is 3. The highest BCUT2D eigenvalue weighted by atomic mass is 19.4. The highest BCUT2D eigenvalue weighted by Gasteiger charge is 2.43. The number of fused-ring (bicyclic) bond motifs is 1. The summed E-state index contributed by atoms with van der Waals surface area (Å²) in [5.41, 5.74) is 1.07. The smallest absolute Gasteiger partial charge is 0.369 e.